The molecule has 2 heterocycles. The van der Waals surface area contributed by atoms with Gasteiger partial charge in [0.05, 0.1) is 22.4 Å². The van der Waals surface area contributed by atoms with Gasteiger partial charge in [0, 0.05) is 31.3 Å². The second-order valence-corrected chi connectivity index (χ2v) is 12.5. The van der Waals surface area contributed by atoms with E-state index in [0.717, 1.165) is 39.1 Å². The first-order valence-electron chi connectivity index (χ1n) is 15.2. The van der Waals surface area contributed by atoms with E-state index in [-0.39, 0.29) is 0 Å². The Labute approximate surface area is 264 Å². The van der Waals surface area contributed by atoms with E-state index in [2.05, 4.69) is 146 Å². The van der Waals surface area contributed by atoms with Crippen LogP contribution in [0.2, 0.25) is 0 Å². The summed E-state index contributed by atoms with van der Waals surface area (Å²) in [7, 11) is 0. The molecule has 2 nitrogen and oxygen atoms in total. The number of fused-ring (bicyclic) bond motifs is 5. The molecule has 0 fully saturated rings. The molecule has 0 saturated heterocycles. The van der Waals surface area contributed by atoms with E-state index in [4.69, 9.17) is 9.97 Å². The van der Waals surface area contributed by atoms with Crippen molar-refractivity contribution in [3.05, 3.63) is 158 Å². The minimum Gasteiger partial charge on any atom is -0.244 e. The standard InChI is InChI=1S/C42H26N2S/c1-2-11-27(12-3-1)30-15-10-16-32(24-30)41-42(44-37-19-8-7-18-36(37)43-41)35-25-33(31-22-21-28-13-4-5-14-29(28)23-31)26-39-40(35)34-17-6-9-20-38(34)45-39/h1-26H. The van der Waals surface area contributed by atoms with E-state index < -0.39 is 0 Å². The summed E-state index contributed by atoms with van der Waals surface area (Å²) in [5.41, 5.74) is 10.4. The molecular weight excluding hydrogens is 565 g/mol. The van der Waals surface area contributed by atoms with Gasteiger partial charge in [-0.2, -0.15) is 0 Å². The van der Waals surface area contributed by atoms with Crippen LogP contribution in [0.15, 0.2) is 158 Å². The summed E-state index contributed by atoms with van der Waals surface area (Å²) in [6.45, 7) is 0. The Balaban J connectivity index is 1.36. The summed E-state index contributed by atoms with van der Waals surface area (Å²) in [4.78, 5) is 10.7. The molecule has 7 aromatic carbocycles. The van der Waals surface area contributed by atoms with Crippen molar-refractivity contribution < 1.29 is 0 Å². The van der Waals surface area contributed by atoms with Gasteiger partial charge in [-0.05, 0) is 75.5 Å². The second-order valence-electron chi connectivity index (χ2n) is 11.4. The van der Waals surface area contributed by atoms with Crippen LogP contribution in [0.25, 0.3) is 86.7 Å². The molecule has 0 aliphatic carbocycles. The number of rotatable bonds is 4. The van der Waals surface area contributed by atoms with Crippen molar-refractivity contribution in [1.82, 2.24) is 9.97 Å². The zero-order valence-corrected chi connectivity index (χ0v) is 25.1. The van der Waals surface area contributed by atoms with Gasteiger partial charge in [0.1, 0.15) is 0 Å². The third-order valence-corrected chi connectivity index (χ3v) is 9.75. The van der Waals surface area contributed by atoms with Crippen molar-refractivity contribution >= 4 is 53.3 Å². The molecule has 210 valence electrons. The van der Waals surface area contributed by atoms with E-state index in [1.165, 1.54) is 47.6 Å². The fourth-order valence-corrected chi connectivity index (χ4v) is 7.61. The van der Waals surface area contributed by atoms with Crippen molar-refractivity contribution in [2.75, 3.05) is 0 Å². The monoisotopic (exact) mass is 590 g/mol. The van der Waals surface area contributed by atoms with E-state index in [0.29, 0.717) is 0 Å². The molecule has 0 bridgehead atoms. The molecule has 45 heavy (non-hydrogen) atoms. The maximum atomic E-state index is 5.39. The SMILES string of the molecule is c1ccc(-c2cccc(-c3nc4ccccc4nc3-c3cc(-c4ccc5ccccc5c4)cc4sc5ccccc5c34)c2)cc1. The molecule has 0 aliphatic heterocycles. The number of benzene rings is 7. The van der Waals surface area contributed by atoms with Gasteiger partial charge >= 0.3 is 0 Å². The van der Waals surface area contributed by atoms with Crippen molar-refractivity contribution in [3.8, 4) is 44.8 Å². The van der Waals surface area contributed by atoms with E-state index >= 15 is 0 Å². The summed E-state index contributed by atoms with van der Waals surface area (Å²) in [6.07, 6.45) is 0. The fourth-order valence-electron chi connectivity index (χ4n) is 6.44. The molecule has 0 spiro atoms. The smallest absolute Gasteiger partial charge is 0.0980 e. The van der Waals surface area contributed by atoms with Crippen molar-refractivity contribution in [2.45, 2.75) is 0 Å². The minimum absolute atomic E-state index is 0.887. The first-order valence-corrected chi connectivity index (χ1v) is 16.0. The van der Waals surface area contributed by atoms with Crippen LogP contribution >= 0.6 is 11.3 Å². The molecule has 9 rings (SSSR count). The Morgan fingerprint density at radius 1 is 0.378 bits per heavy atom. The Bertz CT molecular complexity index is 2550. The van der Waals surface area contributed by atoms with Crippen LogP contribution in [-0.4, -0.2) is 9.97 Å². The third-order valence-electron chi connectivity index (χ3n) is 8.63. The lowest BCUT2D eigenvalue weighted by atomic mass is 9.93. The van der Waals surface area contributed by atoms with Crippen molar-refractivity contribution in [1.29, 1.82) is 0 Å². The average Bonchev–Trinajstić information content (AvgIpc) is 3.49. The lowest BCUT2D eigenvalue weighted by Gasteiger charge is -2.15. The summed E-state index contributed by atoms with van der Waals surface area (Å²) >= 11 is 1.84. The van der Waals surface area contributed by atoms with Crippen LogP contribution in [0.1, 0.15) is 0 Å². The number of para-hydroxylation sites is 2. The van der Waals surface area contributed by atoms with Crippen molar-refractivity contribution in [3.63, 3.8) is 0 Å². The van der Waals surface area contributed by atoms with Crippen molar-refractivity contribution in [2.24, 2.45) is 0 Å². The quantitative estimate of drug-likeness (QED) is 0.204. The normalized spacial score (nSPS) is 11.6. The van der Waals surface area contributed by atoms with Crippen LogP contribution in [0.4, 0.5) is 0 Å². The van der Waals surface area contributed by atoms with E-state index in [1.807, 2.05) is 23.5 Å². The van der Waals surface area contributed by atoms with E-state index in [1.54, 1.807) is 0 Å². The molecule has 0 aliphatic rings. The maximum Gasteiger partial charge on any atom is 0.0980 e. The summed E-state index contributed by atoms with van der Waals surface area (Å²) < 4.78 is 2.52. The molecule has 0 saturated carbocycles. The molecular formula is C42H26N2S. The lowest BCUT2D eigenvalue weighted by Crippen LogP contribution is -1.97. The highest BCUT2D eigenvalue weighted by Gasteiger charge is 2.20. The summed E-state index contributed by atoms with van der Waals surface area (Å²) in [5, 5.41) is 4.95. The van der Waals surface area contributed by atoms with Crippen LogP contribution in [0.3, 0.4) is 0 Å². The number of aromatic nitrogens is 2. The predicted octanol–water partition coefficient (Wildman–Crippen LogP) is 11.8. The number of nitrogens with zero attached hydrogens (tertiary/aromatic N) is 2. The Morgan fingerprint density at radius 2 is 1.04 bits per heavy atom. The first-order chi connectivity index (χ1) is 22.3. The zero-order chi connectivity index (χ0) is 29.7. The number of hydrogen-bond acceptors (Lipinski definition) is 3. The van der Waals surface area contributed by atoms with Gasteiger partial charge < -0.3 is 0 Å². The minimum atomic E-state index is 0.887. The highest BCUT2D eigenvalue weighted by Crippen LogP contribution is 2.45. The second kappa shape index (κ2) is 10.5. The lowest BCUT2D eigenvalue weighted by molar-refractivity contribution is 1.30. The van der Waals surface area contributed by atoms with Gasteiger partial charge in [0.2, 0.25) is 0 Å². The Morgan fingerprint density at radius 3 is 1.91 bits per heavy atom. The van der Waals surface area contributed by atoms with Crippen LogP contribution in [-0.2, 0) is 0 Å². The Kier molecular flexibility index (Phi) is 6.03. The zero-order valence-electron chi connectivity index (χ0n) is 24.3. The van der Waals surface area contributed by atoms with Gasteiger partial charge in [-0.3, -0.25) is 0 Å². The van der Waals surface area contributed by atoms with Gasteiger partial charge in [-0.25, -0.2) is 9.97 Å². The molecule has 2 aromatic heterocycles. The molecule has 0 atom stereocenters. The van der Waals surface area contributed by atoms with Gasteiger partial charge in [-0.1, -0.05) is 115 Å². The molecule has 0 N–H and O–H groups in total. The summed E-state index contributed by atoms with van der Waals surface area (Å²) in [5.74, 6) is 0. The highest BCUT2D eigenvalue weighted by molar-refractivity contribution is 7.26. The molecule has 0 radical (unpaired) electrons. The van der Waals surface area contributed by atoms with Crippen LogP contribution < -0.4 is 0 Å². The first kappa shape index (κ1) is 25.8. The average molecular weight is 591 g/mol. The third kappa shape index (κ3) is 4.48. The van der Waals surface area contributed by atoms with Crippen LogP contribution in [0, 0.1) is 0 Å². The summed E-state index contributed by atoms with van der Waals surface area (Å²) in [6, 6.07) is 56.1. The van der Waals surface area contributed by atoms with Gasteiger partial charge in [0.25, 0.3) is 0 Å². The van der Waals surface area contributed by atoms with Crippen LogP contribution in [0.5, 0.6) is 0 Å². The molecule has 0 amide bonds. The predicted molar refractivity (Wildman–Crippen MR) is 192 cm³/mol. The molecule has 9 aromatic rings. The maximum absolute atomic E-state index is 5.39. The fraction of sp³-hybridized carbons (Fsp3) is 0. The van der Waals surface area contributed by atoms with Gasteiger partial charge in [0.15, 0.2) is 0 Å². The van der Waals surface area contributed by atoms with E-state index in [9.17, 15) is 0 Å². The number of thiophene rings is 1. The van der Waals surface area contributed by atoms with Gasteiger partial charge in [-0.15, -0.1) is 11.3 Å². The highest BCUT2D eigenvalue weighted by atomic mass is 32.1. The molecule has 3 heteroatoms. The largest absolute Gasteiger partial charge is 0.244 e. The Hall–Kier alpha value is -5.64. The number of hydrogen-bond donors (Lipinski definition) is 0. The molecule has 0 unspecified atom stereocenters. The topological polar surface area (TPSA) is 25.8 Å².